The zero-order valence-corrected chi connectivity index (χ0v) is 20.4. The molecule has 2 aromatic carbocycles. The van der Waals surface area contributed by atoms with Gasteiger partial charge in [-0.15, -0.1) is 0 Å². The molecule has 1 heterocycles. The van der Waals surface area contributed by atoms with Crippen molar-refractivity contribution in [2.75, 3.05) is 6.54 Å². The molecule has 0 aromatic heterocycles. The molecule has 5 nitrogen and oxygen atoms in total. The van der Waals surface area contributed by atoms with E-state index in [0.29, 0.717) is 18.7 Å². The Bertz CT molecular complexity index is 1010. The second-order valence-electron chi connectivity index (χ2n) is 9.76. The number of carbonyl (C=O) groups excluding carboxylic acids is 2. The number of carbonyl (C=O) groups is 2. The zero-order valence-electron chi connectivity index (χ0n) is 20.4. The van der Waals surface area contributed by atoms with Crippen LogP contribution in [0.1, 0.15) is 75.6 Å². The summed E-state index contributed by atoms with van der Waals surface area (Å²) in [5.74, 6) is 0.419. The van der Waals surface area contributed by atoms with Crippen molar-refractivity contribution in [1.29, 1.82) is 0 Å². The number of benzene rings is 2. The summed E-state index contributed by atoms with van der Waals surface area (Å²) in [5.41, 5.74) is 3.02. The first-order chi connectivity index (χ1) is 16.4. The molecule has 1 aliphatic carbocycles. The van der Waals surface area contributed by atoms with Crippen molar-refractivity contribution >= 4 is 11.8 Å². The van der Waals surface area contributed by atoms with Gasteiger partial charge in [-0.25, -0.2) is 4.39 Å². The van der Waals surface area contributed by atoms with Gasteiger partial charge >= 0.3 is 0 Å². The second-order valence-corrected chi connectivity index (χ2v) is 9.76. The van der Waals surface area contributed by atoms with Crippen LogP contribution < -0.4 is 10.1 Å². The molecule has 1 fully saturated rings. The third kappa shape index (κ3) is 5.26. The number of rotatable bonds is 7. The molecule has 2 aromatic rings. The van der Waals surface area contributed by atoms with Crippen LogP contribution in [0, 0.1) is 11.7 Å². The average Bonchev–Trinajstić information content (AvgIpc) is 3.36. The molecule has 4 rings (SSSR count). The van der Waals surface area contributed by atoms with E-state index in [1.807, 2.05) is 43.9 Å². The largest absolute Gasteiger partial charge is 0.481 e. The van der Waals surface area contributed by atoms with Crippen LogP contribution >= 0.6 is 0 Å². The number of fused-ring (bicyclic) bond motifs is 1. The fourth-order valence-electron chi connectivity index (χ4n) is 5.18. The van der Waals surface area contributed by atoms with E-state index in [1.165, 1.54) is 12.1 Å². The van der Waals surface area contributed by atoms with E-state index >= 15 is 0 Å². The summed E-state index contributed by atoms with van der Waals surface area (Å²) in [6.45, 7) is 6.41. The van der Waals surface area contributed by atoms with Gasteiger partial charge in [0.2, 0.25) is 5.91 Å². The van der Waals surface area contributed by atoms with Crippen LogP contribution in [0.5, 0.6) is 5.75 Å². The van der Waals surface area contributed by atoms with Crippen molar-refractivity contribution in [3.63, 3.8) is 0 Å². The van der Waals surface area contributed by atoms with Gasteiger partial charge in [-0.1, -0.05) is 38.0 Å². The Hall–Kier alpha value is -2.89. The van der Waals surface area contributed by atoms with Crippen molar-refractivity contribution in [1.82, 2.24) is 10.2 Å². The summed E-state index contributed by atoms with van der Waals surface area (Å²) in [6, 6.07) is 12.1. The lowest BCUT2D eigenvalue weighted by Gasteiger charge is -2.39. The molecule has 0 bridgehead atoms. The summed E-state index contributed by atoms with van der Waals surface area (Å²) in [5, 5.41) is 2.92. The molecule has 0 radical (unpaired) electrons. The van der Waals surface area contributed by atoms with Crippen LogP contribution in [0.2, 0.25) is 0 Å². The van der Waals surface area contributed by atoms with Crippen molar-refractivity contribution < 1.29 is 18.7 Å². The second kappa shape index (κ2) is 10.6. The van der Waals surface area contributed by atoms with E-state index in [2.05, 4.69) is 5.32 Å². The van der Waals surface area contributed by atoms with Gasteiger partial charge in [0, 0.05) is 18.5 Å². The Morgan fingerprint density at radius 2 is 1.82 bits per heavy atom. The van der Waals surface area contributed by atoms with Gasteiger partial charge in [0.15, 0.2) is 6.10 Å². The number of nitrogens with one attached hydrogen (secondary N) is 1. The maximum absolute atomic E-state index is 13.7. The van der Waals surface area contributed by atoms with Crippen molar-refractivity contribution in [2.24, 2.45) is 5.92 Å². The third-order valence-electron chi connectivity index (χ3n) is 6.89. The highest BCUT2D eigenvalue weighted by Gasteiger charge is 2.36. The molecule has 2 amide bonds. The lowest BCUT2D eigenvalue weighted by atomic mass is 9.87. The summed E-state index contributed by atoms with van der Waals surface area (Å²) in [6.07, 6.45) is 4.77. The Morgan fingerprint density at radius 1 is 1.12 bits per heavy atom. The van der Waals surface area contributed by atoms with Crippen molar-refractivity contribution in [3.05, 3.63) is 65.0 Å². The summed E-state index contributed by atoms with van der Waals surface area (Å²) >= 11 is 0. The molecule has 2 atom stereocenters. The highest BCUT2D eigenvalue weighted by atomic mass is 19.1. The van der Waals surface area contributed by atoms with E-state index in [9.17, 15) is 14.0 Å². The molecule has 1 aliphatic heterocycles. The molecule has 0 saturated heterocycles. The fourth-order valence-corrected chi connectivity index (χ4v) is 5.18. The van der Waals surface area contributed by atoms with E-state index in [0.717, 1.165) is 48.8 Å². The summed E-state index contributed by atoms with van der Waals surface area (Å²) in [4.78, 5) is 28.1. The normalized spacial score (nSPS) is 19.1. The number of hydrogen-bond acceptors (Lipinski definition) is 3. The highest BCUT2D eigenvalue weighted by Crippen LogP contribution is 2.40. The molecule has 2 aliphatic rings. The molecule has 1 saturated carbocycles. The number of nitrogens with zero attached hydrogens (tertiary/aromatic N) is 1. The van der Waals surface area contributed by atoms with Gasteiger partial charge in [0.05, 0.1) is 6.04 Å². The molecule has 0 unspecified atom stereocenters. The van der Waals surface area contributed by atoms with Crippen LogP contribution in [0.15, 0.2) is 42.5 Å². The van der Waals surface area contributed by atoms with Gasteiger partial charge in [-0.2, -0.15) is 0 Å². The van der Waals surface area contributed by atoms with Crippen LogP contribution in [0.3, 0.4) is 0 Å². The van der Waals surface area contributed by atoms with Crippen molar-refractivity contribution in [2.45, 2.75) is 77.5 Å². The van der Waals surface area contributed by atoms with Crippen LogP contribution in [-0.2, 0) is 16.0 Å². The summed E-state index contributed by atoms with van der Waals surface area (Å²) < 4.78 is 19.8. The number of hydrogen-bond donors (Lipinski definition) is 1. The standard InChI is InChI=1S/C28H35FN2O3/c1-4-25(27(32)30-18(2)3)34-23-14-11-19-15-16-31(28(33)21-7-5-6-8-21)26(24(19)17-23)20-9-12-22(29)13-10-20/h9-14,17-18,21,25-26H,4-8,15-16H2,1-3H3,(H,30,32)/t25-,26+/m0/s1. The minimum atomic E-state index is -0.593. The minimum Gasteiger partial charge on any atom is -0.481 e. The van der Waals surface area contributed by atoms with Crippen LogP contribution in [-0.4, -0.2) is 35.4 Å². The Morgan fingerprint density at radius 3 is 2.47 bits per heavy atom. The van der Waals surface area contributed by atoms with E-state index in [4.69, 9.17) is 4.74 Å². The molecular weight excluding hydrogens is 431 g/mol. The van der Waals surface area contributed by atoms with E-state index in [-0.39, 0.29) is 35.6 Å². The maximum atomic E-state index is 13.7. The molecular formula is C28H35FN2O3. The average molecular weight is 467 g/mol. The first-order valence-electron chi connectivity index (χ1n) is 12.5. The highest BCUT2D eigenvalue weighted by molar-refractivity contribution is 5.81. The third-order valence-corrected chi connectivity index (χ3v) is 6.89. The summed E-state index contributed by atoms with van der Waals surface area (Å²) in [7, 11) is 0. The molecule has 6 heteroatoms. The Labute approximate surface area is 201 Å². The predicted octanol–water partition coefficient (Wildman–Crippen LogP) is 5.17. The Kier molecular flexibility index (Phi) is 7.54. The van der Waals surface area contributed by atoms with Crippen LogP contribution in [0.25, 0.3) is 0 Å². The number of ether oxygens (including phenoxy) is 1. The van der Waals surface area contributed by atoms with Gasteiger partial charge in [-0.05, 0) is 80.5 Å². The quantitative estimate of drug-likeness (QED) is 0.612. The van der Waals surface area contributed by atoms with Gasteiger partial charge in [-0.3, -0.25) is 9.59 Å². The molecule has 182 valence electrons. The fraction of sp³-hybridized carbons (Fsp3) is 0.500. The van der Waals surface area contributed by atoms with Crippen molar-refractivity contribution in [3.8, 4) is 5.75 Å². The first kappa shape index (κ1) is 24.2. The van der Waals surface area contributed by atoms with Crippen LogP contribution in [0.4, 0.5) is 4.39 Å². The molecule has 0 spiro atoms. The smallest absolute Gasteiger partial charge is 0.261 e. The van der Waals surface area contributed by atoms with Gasteiger partial charge in [0.1, 0.15) is 11.6 Å². The minimum absolute atomic E-state index is 0.0340. The predicted molar refractivity (Wildman–Crippen MR) is 130 cm³/mol. The maximum Gasteiger partial charge on any atom is 0.261 e. The number of halogens is 1. The lowest BCUT2D eigenvalue weighted by Crippen LogP contribution is -2.43. The topological polar surface area (TPSA) is 58.6 Å². The van der Waals surface area contributed by atoms with E-state index < -0.39 is 6.10 Å². The van der Waals surface area contributed by atoms with Gasteiger partial charge in [0.25, 0.3) is 5.91 Å². The van der Waals surface area contributed by atoms with Gasteiger partial charge < -0.3 is 15.0 Å². The first-order valence-corrected chi connectivity index (χ1v) is 12.5. The zero-order chi connectivity index (χ0) is 24.2. The number of amides is 2. The molecule has 1 N–H and O–H groups in total. The molecule has 34 heavy (non-hydrogen) atoms. The van der Waals surface area contributed by atoms with E-state index in [1.54, 1.807) is 12.1 Å². The SMILES string of the molecule is CC[C@H](Oc1ccc2c(c1)[C@@H](c1ccc(F)cc1)N(C(=O)C1CCCC1)CC2)C(=O)NC(C)C. The Balaban J connectivity index is 1.68. The monoisotopic (exact) mass is 466 g/mol. The lowest BCUT2D eigenvalue weighted by molar-refractivity contribution is -0.137.